The van der Waals surface area contributed by atoms with Gasteiger partial charge in [0.25, 0.3) is 0 Å². The second-order valence-corrected chi connectivity index (χ2v) is 5.04. The molecule has 2 rings (SSSR count). The quantitative estimate of drug-likeness (QED) is 0.837. The highest BCUT2D eigenvalue weighted by Crippen LogP contribution is 2.23. The number of nitrogens with zero attached hydrogens (tertiary/aromatic N) is 2. The summed E-state index contributed by atoms with van der Waals surface area (Å²) in [5.74, 6) is -0.201. The summed E-state index contributed by atoms with van der Waals surface area (Å²) in [7, 11) is 2.10. The SMILES string of the molecule is Cc1c(NC=O)ccc(F)c1CN1CCN(C)CC1. The van der Waals surface area contributed by atoms with Crippen molar-refractivity contribution in [1.82, 2.24) is 9.80 Å². The van der Waals surface area contributed by atoms with Gasteiger partial charge in [0, 0.05) is 44.0 Å². The van der Waals surface area contributed by atoms with E-state index >= 15 is 0 Å². The average molecular weight is 265 g/mol. The summed E-state index contributed by atoms with van der Waals surface area (Å²) in [4.78, 5) is 15.0. The molecule has 0 spiro atoms. The third-order valence-electron chi connectivity index (χ3n) is 3.73. The second-order valence-electron chi connectivity index (χ2n) is 5.04. The van der Waals surface area contributed by atoms with Gasteiger partial charge in [0.2, 0.25) is 6.41 Å². The Morgan fingerprint density at radius 3 is 2.63 bits per heavy atom. The fourth-order valence-electron chi connectivity index (χ4n) is 2.37. The zero-order valence-corrected chi connectivity index (χ0v) is 11.4. The maximum absolute atomic E-state index is 13.9. The molecular formula is C14H20FN3O. The Balaban J connectivity index is 2.14. The maximum Gasteiger partial charge on any atom is 0.211 e. The molecule has 0 radical (unpaired) electrons. The molecule has 1 aromatic rings. The number of likely N-dealkylation sites (N-methyl/N-ethyl adjacent to an activating group) is 1. The molecule has 4 nitrogen and oxygen atoms in total. The Morgan fingerprint density at radius 1 is 1.32 bits per heavy atom. The van der Waals surface area contributed by atoms with Crippen molar-refractivity contribution in [3.8, 4) is 0 Å². The summed E-state index contributed by atoms with van der Waals surface area (Å²) in [5, 5.41) is 2.61. The molecule has 1 fully saturated rings. The summed E-state index contributed by atoms with van der Waals surface area (Å²) in [6.45, 7) is 6.35. The van der Waals surface area contributed by atoms with Gasteiger partial charge in [-0.25, -0.2) is 4.39 Å². The first kappa shape index (κ1) is 14.0. The Kier molecular flexibility index (Phi) is 4.50. The van der Waals surface area contributed by atoms with E-state index in [-0.39, 0.29) is 5.82 Å². The van der Waals surface area contributed by atoms with E-state index in [0.29, 0.717) is 24.2 Å². The highest BCUT2D eigenvalue weighted by Gasteiger charge is 2.17. The van der Waals surface area contributed by atoms with Gasteiger partial charge in [-0.1, -0.05) is 0 Å². The lowest BCUT2D eigenvalue weighted by molar-refractivity contribution is -0.105. The Hall–Kier alpha value is -1.46. The van der Waals surface area contributed by atoms with E-state index in [1.165, 1.54) is 6.07 Å². The predicted octanol–water partition coefficient (Wildman–Crippen LogP) is 1.45. The summed E-state index contributed by atoms with van der Waals surface area (Å²) < 4.78 is 13.9. The lowest BCUT2D eigenvalue weighted by Crippen LogP contribution is -2.44. The van der Waals surface area contributed by atoms with Crippen molar-refractivity contribution in [3.05, 3.63) is 29.1 Å². The van der Waals surface area contributed by atoms with Crippen molar-refractivity contribution in [2.75, 3.05) is 38.5 Å². The fraction of sp³-hybridized carbons (Fsp3) is 0.500. The van der Waals surface area contributed by atoms with Crippen LogP contribution in [0.3, 0.4) is 0 Å². The van der Waals surface area contributed by atoms with Gasteiger partial charge in [-0.05, 0) is 31.7 Å². The fourth-order valence-corrected chi connectivity index (χ4v) is 2.37. The van der Waals surface area contributed by atoms with Gasteiger partial charge in [0.15, 0.2) is 0 Å². The molecular weight excluding hydrogens is 245 g/mol. The smallest absolute Gasteiger partial charge is 0.211 e. The van der Waals surface area contributed by atoms with Gasteiger partial charge in [0.05, 0.1) is 0 Å². The van der Waals surface area contributed by atoms with Crippen molar-refractivity contribution in [3.63, 3.8) is 0 Å². The average Bonchev–Trinajstić information content (AvgIpc) is 2.40. The van der Waals surface area contributed by atoms with E-state index in [0.717, 1.165) is 31.7 Å². The Bertz CT molecular complexity index is 456. The highest BCUT2D eigenvalue weighted by molar-refractivity contribution is 5.74. The Labute approximate surface area is 113 Å². The van der Waals surface area contributed by atoms with E-state index in [1.54, 1.807) is 6.07 Å². The zero-order chi connectivity index (χ0) is 13.8. The molecule has 5 heteroatoms. The van der Waals surface area contributed by atoms with Crippen LogP contribution in [-0.4, -0.2) is 49.4 Å². The molecule has 0 aliphatic carbocycles. The van der Waals surface area contributed by atoms with Crippen LogP contribution in [0.25, 0.3) is 0 Å². The molecule has 1 aliphatic rings. The van der Waals surface area contributed by atoms with Crippen LogP contribution in [0.15, 0.2) is 12.1 Å². The third-order valence-corrected chi connectivity index (χ3v) is 3.73. The first-order valence-corrected chi connectivity index (χ1v) is 6.51. The van der Waals surface area contributed by atoms with Gasteiger partial charge in [-0.2, -0.15) is 0 Å². The first-order chi connectivity index (χ1) is 9.11. The van der Waals surface area contributed by atoms with Crippen LogP contribution in [0.2, 0.25) is 0 Å². The molecule has 104 valence electrons. The van der Waals surface area contributed by atoms with E-state index in [1.807, 2.05) is 6.92 Å². The summed E-state index contributed by atoms with van der Waals surface area (Å²) in [6.07, 6.45) is 0.625. The monoisotopic (exact) mass is 265 g/mol. The lowest BCUT2D eigenvalue weighted by atomic mass is 10.0. The van der Waals surface area contributed by atoms with Crippen molar-refractivity contribution < 1.29 is 9.18 Å². The normalized spacial score (nSPS) is 17.4. The van der Waals surface area contributed by atoms with Crippen LogP contribution in [-0.2, 0) is 11.3 Å². The Morgan fingerprint density at radius 2 is 2.00 bits per heavy atom. The van der Waals surface area contributed by atoms with Gasteiger partial charge < -0.3 is 10.2 Å². The van der Waals surface area contributed by atoms with Gasteiger partial charge in [-0.3, -0.25) is 9.69 Å². The number of hydrogen-bond donors (Lipinski definition) is 1. The van der Waals surface area contributed by atoms with E-state index in [9.17, 15) is 9.18 Å². The number of hydrogen-bond acceptors (Lipinski definition) is 3. The van der Waals surface area contributed by atoms with Crippen LogP contribution in [0.4, 0.5) is 10.1 Å². The third kappa shape index (κ3) is 3.30. The molecule has 0 aromatic heterocycles. The number of rotatable bonds is 4. The van der Waals surface area contributed by atoms with Crippen molar-refractivity contribution in [2.45, 2.75) is 13.5 Å². The van der Waals surface area contributed by atoms with E-state index in [4.69, 9.17) is 0 Å². The topological polar surface area (TPSA) is 35.6 Å². The van der Waals surface area contributed by atoms with Crippen molar-refractivity contribution in [2.24, 2.45) is 0 Å². The molecule has 1 heterocycles. The maximum atomic E-state index is 13.9. The summed E-state index contributed by atoms with van der Waals surface area (Å²) >= 11 is 0. The van der Waals surface area contributed by atoms with Crippen LogP contribution in [0.5, 0.6) is 0 Å². The molecule has 1 amide bonds. The van der Waals surface area contributed by atoms with Gasteiger partial charge >= 0.3 is 0 Å². The zero-order valence-electron chi connectivity index (χ0n) is 11.4. The summed E-state index contributed by atoms with van der Waals surface area (Å²) in [5.41, 5.74) is 2.17. The van der Waals surface area contributed by atoms with Crippen molar-refractivity contribution in [1.29, 1.82) is 0 Å². The van der Waals surface area contributed by atoms with Crippen LogP contribution >= 0.6 is 0 Å². The second kappa shape index (κ2) is 6.12. The number of amides is 1. The molecule has 1 aromatic carbocycles. The lowest BCUT2D eigenvalue weighted by Gasteiger charge is -2.32. The standard InChI is InChI=1S/C14H20FN3O/c1-11-12(9-18-7-5-17(2)6-8-18)13(15)3-4-14(11)16-10-19/h3-4,10H,5-9H2,1-2H3,(H,16,19). The highest BCUT2D eigenvalue weighted by atomic mass is 19.1. The molecule has 0 unspecified atom stereocenters. The summed E-state index contributed by atoms with van der Waals surface area (Å²) in [6, 6.07) is 3.02. The molecule has 1 N–H and O–H groups in total. The number of halogens is 1. The first-order valence-electron chi connectivity index (χ1n) is 6.51. The number of carbonyl (C=O) groups is 1. The molecule has 0 saturated carbocycles. The minimum atomic E-state index is -0.201. The van der Waals surface area contributed by atoms with Crippen LogP contribution < -0.4 is 5.32 Å². The molecule has 1 saturated heterocycles. The minimum Gasteiger partial charge on any atom is -0.328 e. The van der Waals surface area contributed by atoms with Gasteiger partial charge in [0.1, 0.15) is 5.82 Å². The number of benzene rings is 1. The minimum absolute atomic E-state index is 0.201. The molecule has 0 bridgehead atoms. The van der Waals surface area contributed by atoms with Gasteiger partial charge in [-0.15, -0.1) is 0 Å². The number of anilines is 1. The predicted molar refractivity (Wildman–Crippen MR) is 73.6 cm³/mol. The molecule has 0 atom stereocenters. The number of piperazine rings is 1. The van der Waals surface area contributed by atoms with E-state index < -0.39 is 0 Å². The molecule has 19 heavy (non-hydrogen) atoms. The van der Waals surface area contributed by atoms with Crippen LogP contribution in [0, 0.1) is 12.7 Å². The van der Waals surface area contributed by atoms with Crippen molar-refractivity contribution >= 4 is 12.1 Å². The number of nitrogens with one attached hydrogen (secondary N) is 1. The molecule has 1 aliphatic heterocycles. The number of carbonyl (C=O) groups excluding carboxylic acids is 1. The van der Waals surface area contributed by atoms with Crippen LogP contribution in [0.1, 0.15) is 11.1 Å². The largest absolute Gasteiger partial charge is 0.328 e. The van der Waals surface area contributed by atoms with E-state index in [2.05, 4.69) is 22.2 Å².